The summed E-state index contributed by atoms with van der Waals surface area (Å²) in [7, 11) is -2.01. The summed E-state index contributed by atoms with van der Waals surface area (Å²) in [6, 6.07) is 14.1. The van der Waals surface area contributed by atoms with Crippen LogP contribution in [0, 0.1) is 0 Å². The van der Waals surface area contributed by atoms with Crippen molar-refractivity contribution < 1.29 is 22.7 Å². The van der Waals surface area contributed by atoms with Crippen LogP contribution in [0.5, 0.6) is 0 Å². The molecule has 0 unspecified atom stereocenters. The lowest BCUT2D eigenvalue weighted by atomic mass is 9.96. The van der Waals surface area contributed by atoms with E-state index < -0.39 is 10.0 Å². The maximum absolute atomic E-state index is 13.5. The zero-order valence-corrected chi connectivity index (χ0v) is 26.6. The summed E-state index contributed by atoms with van der Waals surface area (Å²) < 4.78 is 34.3. The number of sulfonamides is 1. The lowest BCUT2D eigenvalue weighted by Crippen LogP contribution is -2.38. The summed E-state index contributed by atoms with van der Waals surface area (Å²) in [5.74, 6) is -0.340. The quantitative estimate of drug-likeness (QED) is 0.240. The van der Waals surface area contributed by atoms with Crippen LogP contribution in [0.2, 0.25) is 0 Å². The van der Waals surface area contributed by atoms with Gasteiger partial charge in [0.25, 0.3) is 5.91 Å². The van der Waals surface area contributed by atoms with Gasteiger partial charge in [-0.15, -0.1) is 22.7 Å². The number of aromatic nitrogens is 1. The fraction of sp³-hybridized carbons (Fsp3) is 0.387. The number of amides is 2. The molecule has 12 heteroatoms. The van der Waals surface area contributed by atoms with Crippen molar-refractivity contribution in [1.29, 1.82) is 0 Å². The number of nitrogens with one attached hydrogen (secondary N) is 1. The minimum Gasteiger partial charge on any atom is -0.450 e. The van der Waals surface area contributed by atoms with E-state index in [2.05, 4.69) is 5.32 Å². The maximum atomic E-state index is 13.5. The van der Waals surface area contributed by atoms with E-state index in [1.807, 2.05) is 24.3 Å². The van der Waals surface area contributed by atoms with Gasteiger partial charge in [-0.25, -0.2) is 18.2 Å². The molecule has 2 aromatic heterocycles. The molecule has 1 N–H and O–H groups in total. The number of thiazole rings is 1. The van der Waals surface area contributed by atoms with Crippen LogP contribution in [0.25, 0.3) is 20.8 Å². The van der Waals surface area contributed by atoms with Crippen LogP contribution < -0.4 is 5.32 Å². The molecule has 6 rings (SSSR count). The predicted molar refractivity (Wildman–Crippen MR) is 170 cm³/mol. The van der Waals surface area contributed by atoms with Gasteiger partial charge in [-0.2, -0.15) is 4.31 Å². The summed E-state index contributed by atoms with van der Waals surface area (Å²) in [5.41, 5.74) is 3.20. The molecule has 0 atom stereocenters. The summed E-state index contributed by atoms with van der Waals surface area (Å²) in [5, 5.41) is 4.55. The van der Waals surface area contributed by atoms with E-state index in [-0.39, 0.29) is 22.9 Å². The topological polar surface area (TPSA) is 109 Å². The summed E-state index contributed by atoms with van der Waals surface area (Å²) in [6.45, 7) is 3.00. The van der Waals surface area contributed by atoms with Crippen molar-refractivity contribution in [3.63, 3.8) is 0 Å². The molecule has 1 aliphatic heterocycles. The number of ether oxygens (including phenoxy) is 1. The third kappa shape index (κ3) is 5.93. The van der Waals surface area contributed by atoms with Crippen LogP contribution in [-0.2, 0) is 27.7 Å². The van der Waals surface area contributed by atoms with E-state index in [1.165, 1.54) is 27.8 Å². The van der Waals surface area contributed by atoms with Gasteiger partial charge in [0.2, 0.25) is 10.0 Å². The van der Waals surface area contributed by atoms with Crippen LogP contribution in [0.1, 0.15) is 59.8 Å². The number of para-hydroxylation sites is 1. The van der Waals surface area contributed by atoms with Crippen molar-refractivity contribution >= 4 is 59.9 Å². The largest absolute Gasteiger partial charge is 0.450 e. The van der Waals surface area contributed by atoms with Crippen molar-refractivity contribution in [3.8, 4) is 10.6 Å². The number of hydrogen-bond donors (Lipinski definition) is 1. The lowest BCUT2D eigenvalue weighted by Gasteiger charge is -2.30. The number of fused-ring (bicyclic) bond motifs is 2. The Hall–Kier alpha value is -3.32. The van der Waals surface area contributed by atoms with Gasteiger partial charge in [0.1, 0.15) is 10.0 Å². The minimum absolute atomic E-state index is 0.00673. The monoisotopic (exact) mass is 638 g/mol. The van der Waals surface area contributed by atoms with Gasteiger partial charge in [0.05, 0.1) is 28.3 Å². The van der Waals surface area contributed by atoms with E-state index in [1.54, 1.807) is 42.3 Å². The second-order valence-electron chi connectivity index (χ2n) is 10.9. The first-order valence-corrected chi connectivity index (χ1v) is 17.6. The maximum Gasteiger partial charge on any atom is 0.410 e. The molecule has 2 amide bonds. The Balaban J connectivity index is 1.28. The molecule has 1 aliphatic carbocycles. The van der Waals surface area contributed by atoms with Crippen LogP contribution in [0.15, 0.2) is 53.4 Å². The Labute approximate surface area is 259 Å². The SMILES string of the molecule is CCOC(=O)N1CCc2c(sc(NC(=O)c3ccc(S(=O)(=O)N(C)C4CCCCC4)cc3)c2-c2nc3ccccc3s2)C1. The zero-order valence-electron chi connectivity index (χ0n) is 24.2. The molecule has 4 aromatic rings. The predicted octanol–water partition coefficient (Wildman–Crippen LogP) is 6.74. The Morgan fingerprint density at radius 3 is 2.53 bits per heavy atom. The van der Waals surface area contributed by atoms with Crippen molar-refractivity contribution in [1.82, 2.24) is 14.2 Å². The highest BCUT2D eigenvalue weighted by molar-refractivity contribution is 7.89. The highest BCUT2D eigenvalue weighted by Gasteiger charge is 2.31. The third-order valence-electron chi connectivity index (χ3n) is 8.20. The molecule has 2 aliphatic rings. The fourth-order valence-corrected chi connectivity index (χ4v) is 9.61. The van der Waals surface area contributed by atoms with Crippen molar-refractivity contribution in [2.24, 2.45) is 0 Å². The molecule has 1 fully saturated rings. The van der Waals surface area contributed by atoms with Gasteiger partial charge >= 0.3 is 6.09 Å². The average molecular weight is 639 g/mol. The molecular formula is C31H34N4O5S3. The molecule has 9 nitrogen and oxygen atoms in total. The van der Waals surface area contributed by atoms with Crippen LogP contribution >= 0.6 is 22.7 Å². The first kappa shape index (κ1) is 29.7. The summed E-state index contributed by atoms with van der Waals surface area (Å²) in [6.07, 6.45) is 5.23. The fourth-order valence-electron chi connectivity index (χ4n) is 5.83. The molecule has 43 heavy (non-hydrogen) atoms. The van der Waals surface area contributed by atoms with Crippen LogP contribution in [-0.4, -0.2) is 60.8 Å². The number of rotatable bonds is 7. The Bertz CT molecular complexity index is 1720. The Morgan fingerprint density at radius 1 is 1.07 bits per heavy atom. The first-order chi connectivity index (χ1) is 20.8. The van der Waals surface area contributed by atoms with Gasteiger partial charge in [0, 0.05) is 35.6 Å². The van der Waals surface area contributed by atoms with Crippen molar-refractivity contribution in [3.05, 3.63) is 64.5 Å². The second-order valence-corrected chi connectivity index (χ2v) is 15.0. The van der Waals surface area contributed by atoms with Crippen molar-refractivity contribution in [2.45, 2.75) is 62.9 Å². The summed E-state index contributed by atoms with van der Waals surface area (Å²) in [4.78, 5) is 33.7. The number of benzene rings is 2. The molecule has 1 saturated carbocycles. The average Bonchev–Trinajstić information content (AvgIpc) is 3.61. The molecule has 0 spiro atoms. The smallest absolute Gasteiger partial charge is 0.410 e. The van der Waals surface area contributed by atoms with E-state index in [0.717, 1.165) is 63.3 Å². The van der Waals surface area contributed by atoms with E-state index in [4.69, 9.17) is 9.72 Å². The normalized spacial score (nSPS) is 15.9. The summed E-state index contributed by atoms with van der Waals surface area (Å²) >= 11 is 3.01. The zero-order chi connectivity index (χ0) is 30.1. The number of thiophene rings is 1. The van der Waals surface area contributed by atoms with E-state index >= 15 is 0 Å². The molecule has 0 saturated heterocycles. The van der Waals surface area contributed by atoms with Crippen LogP contribution in [0.4, 0.5) is 9.80 Å². The van der Waals surface area contributed by atoms with Crippen molar-refractivity contribution in [2.75, 3.05) is 25.5 Å². The van der Waals surface area contributed by atoms with Gasteiger partial charge < -0.3 is 15.0 Å². The molecule has 3 heterocycles. The third-order valence-corrected chi connectivity index (χ3v) is 12.3. The Morgan fingerprint density at radius 2 is 1.81 bits per heavy atom. The first-order valence-electron chi connectivity index (χ1n) is 14.6. The van der Waals surface area contributed by atoms with Crippen LogP contribution in [0.3, 0.4) is 0 Å². The van der Waals surface area contributed by atoms with Gasteiger partial charge in [-0.05, 0) is 68.1 Å². The number of hydrogen-bond acceptors (Lipinski definition) is 8. The highest BCUT2D eigenvalue weighted by Crippen LogP contribution is 2.46. The highest BCUT2D eigenvalue weighted by atomic mass is 32.2. The Kier molecular flexibility index (Phi) is 8.54. The molecule has 0 radical (unpaired) electrons. The standard InChI is InChI=1S/C31H34N4O5S3/c1-3-40-31(37)35-18-17-23-26(19-35)42-30(27(23)29-32-24-11-7-8-12-25(24)41-29)33-28(36)20-13-15-22(16-14-20)43(38,39)34(2)21-9-5-4-6-10-21/h7-8,11-16,21H,3-6,9-10,17-19H2,1-2H3,(H,33,36). The van der Waals surface area contributed by atoms with Gasteiger partial charge in [-0.1, -0.05) is 31.4 Å². The van der Waals surface area contributed by atoms with E-state index in [9.17, 15) is 18.0 Å². The molecule has 226 valence electrons. The van der Waals surface area contributed by atoms with Gasteiger partial charge in [0.15, 0.2) is 0 Å². The van der Waals surface area contributed by atoms with E-state index in [0.29, 0.717) is 36.7 Å². The number of nitrogens with zero attached hydrogens (tertiary/aromatic N) is 3. The molecular weight excluding hydrogens is 605 g/mol. The number of anilines is 1. The number of carbonyl (C=O) groups excluding carboxylic acids is 2. The molecule has 0 bridgehead atoms. The lowest BCUT2D eigenvalue weighted by molar-refractivity contribution is 0.102. The minimum atomic E-state index is -3.66. The second kappa shape index (κ2) is 12.4. The van der Waals surface area contributed by atoms with Gasteiger partial charge in [-0.3, -0.25) is 4.79 Å². The number of carbonyl (C=O) groups is 2. The molecule has 2 aromatic carbocycles.